The van der Waals surface area contributed by atoms with Gasteiger partial charge in [0.25, 0.3) is 5.91 Å². The topological polar surface area (TPSA) is 81.9 Å². The van der Waals surface area contributed by atoms with Gasteiger partial charge in [0.05, 0.1) is 12.6 Å². The van der Waals surface area contributed by atoms with E-state index >= 15 is 0 Å². The Hall–Kier alpha value is -2.44. The number of para-hydroxylation sites is 1. The van der Waals surface area contributed by atoms with E-state index < -0.39 is 0 Å². The fourth-order valence-corrected chi connectivity index (χ4v) is 3.03. The minimum atomic E-state index is -0.184. The van der Waals surface area contributed by atoms with Gasteiger partial charge >= 0.3 is 0 Å². The van der Waals surface area contributed by atoms with E-state index in [-0.39, 0.29) is 12.5 Å². The van der Waals surface area contributed by atoms with Crippen LogP contribution in [0.2, 0.25) is 0 Å². The van der Waals surface area contributed by atoms with Crippen molar-refractivity contribution in [2.45, 2.75) is 51.6 Å². The molecule has 1 aliphatic rings. The van der Waals surface area contributed by atoms with Gasteiger partial charge in [0.15, 0.2) is 12.4 Å². The Bertz CT molecular complexity index is 679. The molecule has 1 aromatic carbocycles. The van der Waals surface area contributed by atoms with Gasteiger partial charge in [-0.1, -0.05) is 37.5 Å². The number of rotatable bonds is 6. The smallest absolute Gasteiger partial charge is 0.258 e. The summed E-state index contributed by atoms with van der Waals surface area (Å²) in [5, 5.41) is 14.7. The van der Waals surface area contributed by atoms with Crippen LogP contribution in [0.15, 0.2) is 24.3 Å². The Labute approximate surface area is 141 Å². The van der Waals surface area contributed by atoms with E-state index in [0.717, 1.165) is 24.2 Å². The molecule has 1 heterocycles. The molecule has 7 nitrogen and oxygen atoms in total. The first kappa shape index (κ1) is 16.4. The van der Waals surface area contributed by atoms with E-state index in [2.05, 4.69) is 20.8 Å². The minimum Gasteiger partial charge on any atom is -0.484 e. The van der Waals surface area contributed by atoms with Crippen LogP contribution in [-0.4, -0.2) is 32.7 Å². The number of nitrogens with one attached hydrogen (secondary N) is 1. The molecule has 3 rings (SSSR count). The predicted molar refractivity (Wildman–Crippen MR) is 88.5 cm³/mol. The lowest BCUT2D eigenvalue weighted by molar-refractivity contribution is -0.123. The van der Waals surface area contributed by atoms with Crippen molar-refractivity contribution < 1.29 is 9.53 Å². The number of amides is 1. The number of benzene rings is 1. The Balaban J connectivity index is 1.50. The highest BCUT2D eigenvalue weighted by molar-refractivity contribution is 5.77. The summed E-state index contributed by atoms with van der Waals surface area (Å²) in [6.45, 7) is 2.25. The van der Waals surface area contributed by atoms with E-state index in [9.17, 15) is 4.79 Å². The lowest BCUT2D eigenvalue weighted by Gasteiger charge is -2.22. The van der Waals surface area contributed by atoms with Gasteiger partial charge in [0.2, 0.25) is 0 Å². The van der Waals surface area contributed by atoms with Crippen molar-refractivity contribution in [2.75, 3.05) is 6.61 Å². The van der Waals surface area contributed by atoms with E-state index in [0.29, 0.717) is 18.4 Å². The summed E-state index contributed by atoms with van der Waals surface area (Å²) in [7, 11) is 0. The molecule has 1 fully saturated rings. The maximum atomic E-state index is 12.0. The number of tetrazole rings is 1. The third-order valence-corrected chi connectivity index (χ3v) is 4.38. The van der Waals surface area contributed by atoms with Crippen molar-refractivity contribution >= 4 is 5.91 Å². The summed E-state index contributed by atoms with van der Waals surface area (Å²) in [6.07, 6.45) is 5.90. The van der Waals surface area contributed by atoms with Crippen molar-refractivity contribution in [2.24, 2.45) is 0 Å². The first-order chi connectivity index (χ1) is 11.7. The molecule has 0 bridgehead atoms. The molecule has 24 heavy (non-hydrogen) atoms. The van der Waals surface area contributed by atoms with Gasteiger partial charge in [-0.25, -0.2) is 4.68 Å². The van der Waals surface area contributed by atoms with Crippen LogP contribution in [0.5, 0.6) is 5.75 Å². The van der Waals surface area contributed by atoms with E-state index in [4.69, 9.17) is 4.74 Å². The van der Waals surface area contributed by atoms with Gasteiger partial charge in [0, 0.05) is 0 Å². The Morgan fingerprint density at radius 2 is 2.08 bits per heavy atom. The number of nitrogens with zero attached hydrogens (tertiary/aromatic N) is 4. The monoisotopic (exact) mass is 329 g/mol. The first-order valence-corrected chi connectivity index (χ1v) is 8.46. The fourth-order valence-electron chi connectivity index (χ4n) is 3.03. The third-order valence-electron chi connectivity index (χ3n) is 4.38. The summed E-state index contributed by atoms with van der Waals surface area (Å²) in [5.41, 5.74) is 1.01. The molecule has 1 amide bonds. The van der Waals surface area contributed by atoms with Gasteiger partial charge in [-0.15, -0.1) is 5.10 Å². The molecule has 0 unspecified atom stereocenters. The zero-order valence-corrected chi connectivity index (χ0v) is 13.9. The fraction of sp³-hybridized carbons (Fsp3) is 0.529. The Morgan fingerprint density at radius 3 is 2.88 bits per heavy atom. The molecule has 1 aromatic heterocycles. The highest BCUT2D eigenvalue weighted by Gasteiger charge is 2.20. The zero-order valence-electron chi connectivity index (χ0n) is 13.9. The maximum absolute atomic E-state index is 12.0. The summed E-state index contributed by atoms with van der Waals surface area (Å²) in [6, 6.07) is 7.98. The standard InChI is InChI=1S/C17H23N5O2/c1-13-7-5-6-10-15(13)24-12-17(23)18-11-16-19-20-21-22(16)14-8-3-2-4-9-14/h5-7,10,14H,2-4,8-9,11-12H2,1H3,(H,18,23). The number of aromatic nitrogens is 4. The number of hydrogen-bond acceptors (Lipinski definition) is 5. The zero-order chi connectivity index (χ0) is 16.8. The molecule has 0 atom stereocenters. The molecule has 128 valence electrons. The molecule has 1 saturated carbocycles. The molecular weight excluding hydrogens is 306 g/mol. The van der Waals surface area contributed by atoms with E-state index in [1.54, 1.807) is 0 Å². The second-order valence-corrected chi connectivity index (χ2v) is 6.16. The number of carbonyl (C=O) groups excluding carboxylic acids is 1. The van der Waals surface area contributed by atoms with Crippen LogP contribution in [-0.2, 0) is 11.3 Å². The van der Waals surface area contributed by atoms with Crippen molar-refractivity contribution in [3.63, 3.8) is 0 Å². The summed E-state index contributed by atoms with van der Waals surface area (Å²) in [4.78, 5) is 12.0. The largest absolute Gasteiger partial charge is 0.484 e. The second-order valence-electron chi connectivity index (χ2n) is 6.16. The molecule has 0 radical (unpaired) electrons. The van der Waals surface area contributed by atoms with Crippen LogP contribution < -0.4 is 10.1 Å². The van der Waals surface area contributed by atoms with Gasteiger partial charge in [-0.3, -0.25) is 4.79 Å². The van der Waals surface area contributed by atoms with Crippen LogP contribution in [0.25, 0.3) is 0 Å². The van der Waals surface area contributed by atoms with Gasteiger partial charge in [-0.2, -0.15) is 0 Å². The van der Waals surface area contributed by atoms with Crippen molar-refractivity contribution in [3.8, 4) is 5.75 Å². The lowest BCUT2D eigenvalue weighted by atomic mass is 9.96. The third kappa shape index (κ3) is 4.10. The van der Waals surface area contributed by atoms with Crippen molar-refractivity contribution in [3.05, 3.63) is 35.7 Å². The number of hydrogen-bond donors (Lipinski definition) is 1. The normalized spacial score (nSPS) is 15.2. The molecule has 1 N–H and O–H groups in total. The average Bonchev–Trinajstić information content (AvgIpc) is 3.08. The summed E-state index contributed by atoms with van der Waals surface area (Å²) < 4.78 is 7.41. The molecule has 0 saturated heterocycles. The lowest BCUT2D eigenvalue weighted by Crippen LogP contribution is -2.30. The van der Waals surface area contributed by atoms with Crippen LogP contribution in [0.3, 0.4) is 0 Å². The SMILES string of the molecule is Cc1ccccc1OCC(=O)NCc1nnnn1C1CCCCC1. The van der Waals surface area contributed by atoms with Crippen LogP contribution in [0.4, 0.5) is 0 Å². The average molecular weight is 329 g/mol. The molecule has 0 aliphatic heterocycles. The van der Waals surface area contributed by atoms with E-state index in [1.165, 1.54) is 19.3 Å². The molecule has 2 aromatic rings. The number of ether oxygens (including phenoxy) is 1. The maximum Gasteiger partial charge on any atom is 0.258 e. The van der Waals surface area contributed by atoms with Gasteiger partial charge in [-0.05, 0) is 41.8 Å². The van der Waals surface area contributed by atoms with Gasteiger partial charge < -0.3 is 10.1 Å². The second kappa shape index (κ2) is 7.90. The Morgan fingerprint density at radius 1 is 1.29 bits per heavy atom. The highest BCUT2D eigenvalue weighted by atomic mass is 16.5. The molecule has 1 aliphatic carbocycles. The van der Waals surface area contributed by atoms with Crippen molar-refractivity contribution in [1.29, 1.82) is 0 Å². The molecule has 7 heteroatoms. The highest BCUT2D eigenvalue weighted by Crippen LogP contribution is 2.27. The van der Waals surface area contributed by atoms with Gasteiger partial charge in [0.1, 0.15) is 5.75 Å². The summed E-state index contributed by atoms with van der Waals surface area (Å²) in [5.74, 6) is 1.24. The van der Waals surface area contributed by atoms with E-state index in [1.807, 2.05) is 35.9 Å². The van der Waals surface area contributed by atoms with Crippen LogP contribution in [0, 0.1) is 6.92 Å². The first-order valence-electron chi connectivity index (χ1n) is 8.46. The number of carbonyl (C=O) groups is 1. The Kier molecular flexibility index (Phi) is 5.40. The quantitative estimate of drug-likeness (QED) is 0.878. The minimum absolute atomic E-state index is 0.0180. The molecule has 0 spiro atoms. The van der Waals surface area contributed by atoms with Crippen LogP contribution >= 0.6 is 0 Å². The molecular formula is C17H23N5O2. The summed E-state index contributed by atoms with van der Waals surface area (Å²) >= 11 is 0. The van der Waals surface area contributed by atoms with Crippen molar-refractivity contribution in [1.82, 2.24) is 25.5 Å². The van der Waals surface area contributed by atoms with Crippen LogP contribution in [0.1, 0.15) is 49.5 Å². The predicted octanol–water partition coefficient (Wildman–Crippen LogP) is 2.18. The number of aryl methyl sites for hydroxylation is 1.